The highest BCUT2D eigenvalue weighted by Crippen LogP contribution is 2.25. The van der Waals surface area contributed by atoms with Crippen LogP contribution < -0.4 is 16.4 Å². The summed E-state index contributed by atoms with van der Waals surface area (Å²) in [5.74, 6) is 1.40. The van der Waals surface area contributed by atoms with Crippen molar-refractivity contribution in [3.05, 3.63) is 41.3 Å². The predicted octanol–water partition coefficient (Wildman–Crippen LogP) is 2.10. The average Bonchev–Trinajstić information content (AvgIpc) is 2.55. The number of anilines is 3. The maximum absolute atomic E-state index is 10.9. The first kappa shape index (κ1) is 15.9. The number of fused-ring (bicyclic) bond motifs is 1. The van der Waals surface area contributed by atoms with Gasteiger partial charge in [-0.15, -0.1) is 0 Å². The molecule has 0 aliphatic carbocycles. The molecule has 24 heavy (non-hydrogen) atoms. The minimum atomic E-state index is -0.945. The minimum absolute atomic E-state index is 0.140. The third-order valence-corrected chi connectivity index (χ3v) is 4.44. The molecule has 122 valence electrons. The van der Waals surface area contributed by atoms with E-state index in [-0.39, 0.29) is 17.3 Å². The molecule has 3 rings (SSSR count). The van der Waals surface area contributed by atoms with Crippen LogP contribution in [0.3, 0.4) is 0 Å². The van der Waals surface area contributed by atoms with E-state index in [0.717, 1.165) is 19.6 Å². The Morgan fingerprint density at radius 2 is 1.92 bits per heavy atom. The van der Waals surface area contributed by atoms with E-state index in [0.29, 0.717) is 17.3 Å². The van der Waals surface area contributed by atoms with E-state index < -0.39 is 5.97 Å². The van der Waals surface area contributed by atoms with Crippen molar-refractivity contribution in [3.8, 4) is 0 Å². The second-order valence-corrected chi connectivity index (χ2v) is 6.15. The van der Waals surface area contributed by atoms with E-state index in [1.54, 1.807) is 24.3 Å². The minimum Gasteiger partial charge on any atom is -0.478 e. The fourth-order valence-electron chi connectivity index (χ4n) is 2.25. The smallest absolute Gasteiger partial charge is 0.335 e. The zero-order chi connectivity index (χ0) is 17.3. The number of nitrogens with two attached hydrogens (primary N) is 2. The number of hydrogen-bond donors (Lipinski definition) is 3. The number of nitrogens with zero attached hydrogens (tertiary/aromatic N) is 4. The van der Waals surface area contributed by atoms with Crippen LogP contribution in [0.4, 0.5) is 17.5 Å². The predicted molar refractivity (Wildman–Crippen MR) is 94.2 cm³/mol. The van der Waals surface area contributed by atoms with E-state index in [1.807, 2.05) is 17.7 Å². The molecular formula is C15H15N6O2P. The molecule has 8 nitrogen and oxygen atoms in total. The lowest BCUT2D eigenvalue weighted by molar-refractivity contribution is 0.0697. The molecule has 9 heteroatoms. The second-order valence-electron chi connectivity index (χ2n) is 5.21. The fourth-order valence-corrected chi connectivity index (χ4v) is 3.11. The zero-order valence-corrected chi connectivity index (χ0v) is 13.7. The molecule has 0 atom stereocenters. The van der Waals surface area contributed by atoms with Crippen LogP contribution in [0.1, 0.15) is 16.1 Å². The molecule has 0 saturated carbocycles. The monoisotopic (exact) mass is 342 g/mol. The highest BCUT2D eigenvalue weighted by Gasteiger charge is 2.10. The maximum atomic E-state index is 10.9. The van der Waals surface area contributed by atoms with Crippen LogP contribution in [0, 0.1) is 0 Å². The quantitative estimate of drug-likeness (QED) is 0.657. The van der Waals surface area contributed by atoms with Gasteiger partial charge in [0.05, 0.1) is 17.8 Å². The van der Waals surface area contributed by atoms with Gasteiger partial charge in [0.2, 0.25) is 5.95 Å². The lowest BCUT2D eigenvalue weighted by Crippen LogP contribution is -2.17. The number of aromatic carboxylic acids is 1. The number of benzene rings is 1. The standard InChI is InChI=1S/C15H15N6O2P/c1-21(10-4-2-8(3-5-10)14(22)23)6-9-7-24-13-11(18-9)12(16)19-15(17)20-13/h2-5,7H,6H2,1H3,(H,22,23)(H4,16,17,19,20). The maximum Gasteiger partial charge on any atom is 0.335 e. The molecule has 0 fully saturated rings. The number of nitrogen functional groups attached to an aromatic ring is 2. The molecule has 2 aromatic heterocycles. The van der Waals surface area contributed by atoms with Gasteiger partial charge < -0.3 is 21.5 Å². The summed E-state index contributed by atoms with van der Waals surface area (Å²) in [5.41, 5.74) is 14.0. The highest BCUT2D eigenvalue weighted by molar-refractivity contribution is 7.35. The van der Waals surface area contributed by atoms with Gasteiger partial charge in [-0.1, -0.05) is 0 Å². The summed E-state index contributed by atoms with van der Waals surface area (Å²) in [5, 5.41) is 9.63. The normalized spacial score (nSPS) is 11.0. The number of carboxylic acids is 1. The van der Waals surface area contributed by atoms with Crippen LogP contribution >= 0.6 is 8.19 Å². The van der Waals surface area contributed by atoms with Crippen LogP contribution in [0.5, 0.6) is 0 Å². The lowest BCUT2D eigenvalue weighted by Gasteiger charge is -2.19. The molecule has 3 aromatic rings. The molecule has 0 amide bonds. The van der Waals surface area contributed by atoms with Crippen molar-refractivity contribution in [2.24, 2.45) is 0 Å². The lowest BCUT2D eigenvalue weighted by atomic mass is 10.2. The van der Waals surface area contributed by atoms with Gasteiger partial charge in [-0.05, 0) is 38.3 Å². The summed E-state index contributed by atoms with van der Waals surface area (Å²) in [6.07, 6.45) is 0. The van der Waals surface area contributed by atoms with E-state index >= 15 is 0 Å². The van der Waals surface area contributed by atoms with E-state index in [4.69, 9.17) is 16.6 Å². The van der Waals surface area contributed by atoms with Gasteiger partial charge in [0.25, 0.3) is 0 Å². The Labute approximate surface area is 139 Å². The van der Waals surface area contributed by atoms with Crippen molar-refractivity contribution in [2.45, 2.75) is 6.54 Å². The summed E-state index contributed by atoms with van der Waals surface area (Å²) in [4.78, 5) is 25.5. The molecule has 0 aliphatic heterocycles. The first-order valence-corrected chi connectivity index (χ1v) is 7.99. The van der Waals surface area contributed by atoms with E-state index in [2.05, 4.69) is 15.0 Å². The van der Waals surface area contributed by atoms with Crippen molar-refractivity contribution in [1.29, 1.82) is 0 Å². The van der Waals surface area contributed by atoms with Crippen LogP contribution in [0.25, 0.3) is 10.8 Å². The highest BCUT2D eigenvalue weighted by atomic mass is 31.0. The van der Waals surface area contributed by atoms with E-state index in [9.17, 15) is 4.79 Å². The largest absolute Gasteiger partial charge is 0.478 e. The summed E-state index contributed by atoms with van der Waals surface area (Å²) >= 11 is 0. The van der Waals surface area contributed by atoms with Gasteiger partial charge in [-0.2, -0.15) is 4.98 Å². The molecule has 0 aliphatic rings. The van der Waals surface area contributed by atoms with Crippen LogP contribution in [0.2, 0.25) is 0 Å². The first-order chi connectivity index (χ1) is 11.4. The summed E-state index contributed by atoms with van der Waals surface area (Å²) in [6, 6.07) is 6.67. The molecule has 0 radical (unpaired) electrons. The van der Waals surface area contributed by atoms with Crippen LogP contribution in [-0.2, 0) is 6.54 Å². The Hall–Kier alpha value is -2.99. The molecule has 0 spiro atoms. The Bertz CT molecular complexity index is 916. The molecule has 0 saturated heterocycles. The first-order valence-electron chi connectivity index (χ1n) is 7.03. The molecule has 0 unspecified atom stereocenters. The zero-order valence-electron chi connectivity index (χ0n) is 12.8. The van der Waals surface area contributed by atoms with Gasteiger partial charge in [0, 0.05) is 12.7 Å². The van der Waals surface area contributed by atoms with Gasteiger partial charge >= 0.3 is 5.97 Å². The third-order valence-electron chi connectivity index (χ3n) is 3.46. The Balaban J connectivity index is 1.84. The number of carboxylic acid groups (broad SMARTS) is 1. The number of hydrogen-bond acceptors (Lipinski definition) is 7. The molecule has 5 N–H and O–H groups in total. The van der Waals surface area contributed by atoms with Gasteiger partial charge in [0.1, 0.15) is 10.8 Å². The molecule has 0 bridgehead atoms. The van der Waals surface area contributed by atoms with Crippen molar-refractivity contribution in [1.82, 2.24) is 15.0 Å². The fraction of sp³-hybridized carbons (Fsp3) is 0.133. The van der Waals surface area contributed by atoms with E-state index in [1.165, 1.54) is 0 Å². The Kier molecular flexibility index (Phi) is 4.14. The average molecular weight is 342 g/mol. The number of carbonyl (C=O) groups is 1. The topological polar surface area (TPSA) is 131 Å². The third kappa shape index (κ3) is 3.18. The van der Waals surface area contributed by atoms with Crippen molar-refractivity contribution >= 4 is 42.4 Å². The summed E-state index contributed by atoms with van der Waals surface area (Å²) in [7, 11) is 2.77. The SMILES string of the molecule is CN(Cc1cpc2nc(N)nc(N)c2n1)c1ccc(C(=O)O)cc1. The van der Waals surface area contributed by atoms with Crippen LogP contribution in [-0.4, -0.2) is 33.1 Å². The van der Waals surface area contributed by atoms with Crippen molar-refractivity contribution in [3.63, 3.8) is 0 Å². The Morgan fingerprint density at radius 3 is 2.58 bits per heavy atom. The number of rotatable bonds is 4. The van der Waals surface area contributed by atoms with Gasteiger partial charge in [-0.25, -0.2) is 14.8 Å². The van der Waals surface area contributed by atoms with Crippen LogP contribution in [0.15, 0.2) is 30.1 Å². The van der Waals surface area contributed by atoms with Gasteiger partial charge in [0.15, 0.2) is 5.82 Å². The second kappa shape index (κ2) is 6.25. The van der Waals surface area contributed by atoms with Crippen molar-refractivity contribution < 1.29 is 9.90 Å². The summed E-state index contributed by atoms with van der Waals surface area (Å²) in [6.45, 7) is 0.544. The summed E-state index contributed by atoms with van der Waals surface area (Å²) < 4.78 is 0. The number of aromatic nitrogens is 3. The Morgan fingerprint density at radius 1 is 1.21 bits per heavy atom. The van der Waals surface area contributed by atoms with Gasteiger partial charge in [-0.3, -0.25) is 0 Å². The van der Waals surface area contributed by atoms with Crippen molar-refractivity contribution in [2.75, 3.05) is 23.4 Å². The molecule has 1 aromatic carbocycles. The molecular weight excluding hydrogens is 327 g/mol. The molecule has 2 heterocycles.